The minimum absolute atomic E-state index is 0.0386. The molecule has 0 atom stereocenters. The van der Waals surface area contributed by atoms with Crippen LogP contribution in [0.25, 0.3) is 0 Å². The second kappa shape index (κ2) is 5.76. The molecule has 1 aromatic rings. The molecule has 0 amide bonds. The lowest BCUT2D eigenvalue weighted by Gasteiger charge is -2.31. The molecule has 0 aromatic heterocycles. The molecule has 0 unspecified atom stereocenters. The van der Waals surface area contributed by atoms with Crippen molar-refractivity contribution < 1.29 is 4.79 Å². The fourth-order valence-electron chi connectivity index (χ4n) is 2.12. The minimum Gasteiger partial charge on any atom is -0.304 e. The van der Waals surface area contributed by atoms with Gasteiger partial charge in [-0.15, -0.1) is 0 Å². The molecule has 4 nitrogen and oxygen atoms in total. The van der Waals surface area contributed by atoms with E-state index < -0.39 is 0 Å². The number of rotatable bonds is 3. The Kier molecular flexibility index (Phi) is 4.08. The maximum atomic E-state index is 12.2. The monoisotopic (exact) mass is 243 g/mol. The molecule has 0 aliphatic carbocycles. The first kappa shape index (κ1) is 12.7. The highest BCUT2D eigenvalue weighted by atomic mass is 16.1. The molecule has 0 N–H and O–H groups in total. The van der Waals surface area contributed by atoms with Crippen LogP contribution in [0.3, 0.4) is 0 Å². The van der Waals surface area contributed by atoms with Gasteiger partial charge in [-0.2, -0.15) is 5.26 Å². The van der Waals surface area contributed by atoms with Crippen LogP contribution in [-0.2, 0) is 0 Å². The summed E-state index contributed by atoms with van der Waals surface area (Å²) in [4.78, 5) is 16.6. The molecule has 94 valence electrons. The number of Topliss-reactive ketones (excluding diaryl/α,β-unsaturated/α-hetero) is 1. The summed E-state index contributed by atoms with van der Waals surface area (Å²) in [6.45, 7) is 4.22. The normalized spacial score (nSPS) is 17.3. The average Bonchev–Trinajstić information content (AvgIpc) is 2.41. The zero-order valence-corrected chi connectivity index (χ0v) is 10.6. The molecule has 4 heteroatoms. The summed E-state index contributed by atoms with van der Waals surface area (Å²) in [6.07, 6.45) is 0. The molecule has 1 heterocycles. The Balaban J connectivity index is 2.02. The van der Waals surface area contributed by atoms with Gasteiger partial charge in [-0.05, 0) is 13.1 Å². The van der Waals surface area contributed by atoms with Gasteiger partial charge in [0.25, 0.3) is 0 Å². The lowest BCUT2D eigenvalue weighted by Crippen LogP contribution is -2.46. The summed E-state index contributed by atoms with van der Waals surface area (Å²) in [5.41, 5.74) is 1.01. The van der Waals surface area contributed by atoms with Crippen molar-refractivity contribution >= 4 is 5.78 Å². The Morgan fingerprint density at radius 2 is 1.94 bits per heavy atom. The van der Waals surface area contributed by atoms with Gasteiger partial charge in [0.05, 0.1) is 18.2 Å². The zero-order valence-electron chi connectivity index (χ0n) is 10.6. The van der Waals surface area contributed by atoms with Gasteiger partial charge in [0.15, 0.2) is 5.78 Å². The third kappa shape index (κ3) is 2.95. The molecule has 0 saturated carbocycles. The minimum atomic E-state index is 0.0386. The Bertz CT molecular complexity index is 470. The Morgan fingerprint density at radius 3 is 2.61 bits per heavy atom. The average molecular weight is 243 g/mol. The Morgan fingerprint density at radius 1 is 1.28 bits per heavy atom. The standard InChI is InChI=1S/C14H17N3O/c1-16-6-8-17(9-7-16)11-14(18)13-5-3-2-4-12(13)10-15/h2-5H,6-9,11H2,1H3. The number of hydrogen-bond donors (Lipinski definition) is 0. The summed E-state index contributed by atoms with van der Waals surface area (Å²) < 4.78 is 0. The van der Waals surface area contributed by atoms with Gasteiger partial charge in [0.2, 0.25) is 0 Å². The number of carbonyl (C=O) groups is 1. The van der Waals surface area contributed by atoms with Gasteiger partial charge < -0.3 is 4.90 Å². The summed E-state index contributed by atoms with van der Waals surface area (Å²) in [7, 11) is 2.09. The van der Waals surface area contributed by atoms with Crippen molar-refractivity contribution in [2.24, 2.45) is 0 Å². The van der Waals surface area contributed by atoms with Crippen molar-refractivity contribution in [1.29, 1.82) is 5.26 Å². The largest absolute Gasteiger partial charge is 0.304 e. The highest BCUT2D eigenvalue weighted by Crippen LogP contribution is 2.10. The van der Waals surface area contributed by atoms with Crippen molar-refractivity contribution in [3.05, 3.63) is 35.4 Å². The molecule has 1 aliphatic rings. The summed E-state index contributed by atoms with van der Waals surface area (Å²) in [6, 6.07) is 9.08. The molecule has 18 heavy (non-hydrogen) atoms. The maximum Gasteiger partial charge on any atom is 0.178 e. The first-order valence-corrected chi connectivity index (χ1v) is 6.14. The van der Waals surface area contributed by atoms with E-state index in [0.717, 1.165) is 26.2 Å². The Hall–Kier alpha value is -1.70. The van der Waals surface area contributed by atoms with Crippen LogP contribution < -0.4 is 0 Å². The lowest BCUT2D eigenvalue weighted by molar-refractivity contribution is 0.0876. The third-order valence-corrected chi connectivity index (χ3v) is 3.31. The molecular formula is C14H17N3O. The van der Waals surface area contributed by atoms with E-state index >= 15 is 0 Å². The maximum absolute atomic E-state index is 12.2. The van der Waals surface area contributed by atoms with E-state index in [1.54, 1.807) is 24.3 Å². The fourth-order valence-corrected chi connectivity index (χ4v) is 2.12. The molecule has 1 saturated heterocycles. The van der Waals surface area contributed by atoms with E-state index in [2.05, 4.69) is 22.9 Å². The van der Waals surface area contributed by atoms with Crippen molar-refractivity contribution in [1.82, 2.24) is 9.80 Å². The van der Waals surface area contributed by atoms with Gasteiger partial charge >= 0.3 is 0 Å². The van der Waals surface area contributed by atoms with Crippen LogP contribution in [0.2, 0.25) is 0 Å². The summed E-state index contributed by atoms with van der Waals surface area (Å²) in [5, 5.41) is 8.99. The predicted molar refractivity (Wildman–Crippen MR) is 69.4 cm³/mol. The molecule has 1 aliphatic heterocycles. The zero-order chi connectivity index (χ0) is 13.0. The van der Waals surface area contributed by atoms with Crippen LogP contribution in [0.1, 0.15) is 15.9 Å². The molecule has 0 spiro atoms. The molecule has 1 fully saturated rings. The van der Waals surface area contributed by atoms with Crippen molar-refractivity contribution in [2.75, 3.05) is 39.8 Å². The van der Waals surface area contributed by atoms with Crippen LogP contribution in [0.15, 0.2) is 24.3 Å². The van der Waals surface area contributed by atoms with Crippen molar-refractivity contribution in [3.63, 3.8) is 0 Å². The van der Waals surface area contributed by atoms with Gasteiger partial charge in [-0.25, -0.2) is 0 Å². The van der Waals surface area contributed by atoms with E-state index in [4.69, 9.17) is 5.26 Å². The first-order chi connectivity index (χ1) is 8.70. The smallest absolute Gasteiger partial charge is 0.178 e. The number of hydrogen-bond acceptors (Lipinski definition) is 4. The van der Waals surface area contributed by atoms with Crippen LogP contribution in [-0.4, -0.2) is 55.4 Å². The first-order valence-electron chi connectivity index (χ1n) is 6.14. The highest BCUT2D eigenvalue weighted by molar-refractivity contribution is 5.99. The second-order valence-corrected chi connectivity index (χ2v) is 4.66. The van der Waals surface area contributed by atoms with E-state index in [1.807, 2.05) is 0 Å². The lowest BCUT2D eigenvalue weighted by atomic mass is 10.0. The quantitative estimate of drug-likeness (QED) is 0.743. The Labute approximate surface area is 107 Å². The second-order valence-electron chi connectivity index (χ2n) is 4.66. The van der Waals surface area contributed by atoms with Gasteiger partial charge in [0, 0.05) is 31.7 Å². The summed E-state index contributed by atoms with van der Waals surface area (Å²) in [5.74, 6) is 0.0386. The predicted octanol–water partition coefficient (Wildman–Crippen LogP) is 0.988. The van der Waals surface area contributed by atoms with Gasteiger partial charge in [-0.3, -0.25) is 9.69 Å². The van der Waals surface area contributed by atoms with Crippen LogP contribution in [0.5, 0.6) is 0 Å². The highest BCUT2D eigenvalue weighted by Gasteiger charge is 2.18. The van der Waals surface area contributed by atoms with E-state index in [1.165, 1.54) is 0 Å². The molecule has 0 bridgehead atoms. The number of piperazine rings is 1. The van der Waals surface area contributed by atoms with Gasteiger partial charge in [0.1, 0.15) is 0 Å². The van der Waals surface area contributed by atoms with E-state index in [-0.39, 0.29) is 5.78 Å². The van der Waals surface area contributed by atoms with E-state index in [0.29, 0.717) is 17.7 Å². The van der Waals surface area contributed by atoms with E-state index in [9.17, 15) is 4.79 Å². The SMILES string of the molecule is CN1CCN(CC(=O)c2ccccc2C#N)CC1. The fraction of sp³-hybridized carbons (Fsp3) is 0.429. The topological polar surface area (TPSA) is 47.3 Å². The molecule has 2 rings (SSSR count). The van der Waals surface area contributed by atoms with Crippen molar-refractivity contribution in [2.45, 2.75) is 0 Å². The number of likely N-dealkylation sites (N-methyl/N-ethyl adjacent to an activating group) is 1. The number of benzene rings is 1. The summed E-state index contributed by atoms with van der Waals surface area (Å²) >= 11 is 0. The molecular weight excluding hydrogens is 226 g/mol. The van der Waals surface area contributed by atoms with Gasteiger partial charge in [-0.1, -0.05) is 18.2 Å². The van der Waals surface area contributed by atoms with Crippen LogP contribution in [0.4, 0.5) is 0 Å². The number of carbonyl (C=O) groups excluding carboxylic acids is 1. The number of nitriles is 1. The van der Waals surface area contributed by atoms with Crippen LogP contribution in [0, 0.1) is 11.3 Å². The third-order valence-electron chi connectivity index (χ3n) is 3.31. The number of nitrogens with zero attached hydrogens (tertiary/aromatic N) is 3. The number of ketones is 1. The molecule has 0 radical (unpaired) electrons. The van der Waals surface area contributed by atoms with Crippen molar-refractivity contribution in [3.8, 4) is 6.07 Å². The van der Waals surface area contributed by atoms with Crippen LogP contribution >= 0.6 is 0 Å². The molecule has 1 aromatic carbocycles.